The maximum atomic E-state index is 12.7. The smallest absolute Gasteiger partial charge is 0.295 e. The molecule has 0 fully saturated rings. The van der Waals surface area contributed by atoms with Crippen LogP contribution < -0.4 is 5.69 Å². The van der Waals surface area contributed by atoms with E-state index in [1.54, 1.807) is 9.13 Å². The number of rotatable bonds is 5. The van der Waals surface area contributed by atoms with E-state index < -0.39 is 0 Å². The second-order valence-electron chi connectivity index (χ2n) is 10.3. The molecule has 6 heteroatoms. The van der Waals surface area contributed by atoms with Crippen molar-refractivity contribution < 1.29 is 0 Å². The third kappa shape index (κ3) is 4.49. The van der Waals surface area contributed by atoms with Crippen LogP contribution in [0.25, 0.3) is 67.5 Å². The van der Waals surface area contributed by atoms with Crippen LogP contribution in [0, 0.1) is 0 Å². The zero-order valence-electron chi connectivity index (χ0n) is 23.3. The topological polar surface area (TPSA) is 65.6 Å². The molecule has 2 heterocycles. The average Bonchev–Trinajstić information content (AvgIpc) is 3.29. The first-order valence-electron chi connectivity index (χ1n) is 13.8. The van der Waals surface area contributed by atoms with Gasteiger partial charge in [-0.3, -0.25) is 9.13 Å². The van der Waals surface area contributed by atoms with E-state index in [1.807, 2.05) is 99.0 Å². The summed E-state index contributed by atoms with van der Waals surface area (Å²) in [5.74, 6) is 1.88. The average molecular weight is 546 g/mol. The molecule has 0 radical (unpaired) electrons. The number of benzene rings is 5. The van der Waals surface area contributed by atoms with Gasteiger partial charge in [-0.1, -0.05) is 109 Å². The van der Waals surface area contributed by atoms with Gasteiger partial charge >= 0.3 is 5.69 Å². The summed E-state index contributed by atoms with van der Waals surface area (Å²) in [5, 5.41) is 0. The molecular formula is C36H27N5O. The second-order valence-corrected chi connectivity index (χ2v) is 10.3. The fourth-order valence-electron chi connectivity index (χ4n) is 5.45. The molecule has 0 unspecified atom stereocenters. The molecule has 0 aliphatic heterocycles. The van der Waals surface area contributed by atoms with Crippen molar-refractivity contribution in [1.29, 1.82) is 0 Å². The van der Waals surface area contributed by atoms with Crippen molar-refractivity contribution >= 4 is 11.0 Å². The van der Waals surface area contributed by atoms with Gasteiger partial charge in [0.05, 0.1) is 11.0 Å². The Labute approximate surface area is 243 Å². The van der Waals surface area contributed by atoms with E-state index in [2.05, 4.69) is 42.5 Å². The number of nitrogens with zero attached hydrogens (tertiary/aromatic N) is 5. The molecule has 202 valence electrons. The summed E-state index contributed by atoms with van der Waals surface area (Å²) in [6, 6.07) is 42.7. The first-order chi connectivity index (χ1) is 20.6. The Hall–Kier alpha value is -5.62. The second kappa shape index (κ2) is 10.4. The first kappa shape index (κ1) is 25.4. The molecule has 0 saturated heterocycles. The van der Waals surface area contributed by atoms with Crippen LogP contribution >= 0.6 is 0 Å². The Morgan fingerprint density at radius 2 is 0.905 bits per heavy atom. The molecule has 0 bridgehead atoms. The molecule has 0 N–H and O–H groups in total. The highest BCUT2D eigenvalue weighted by Gasteiger charge is 2.15. The quantitative estimate of drug-likeness (QED) is 0.226. The van der Waals surface area contributed by atoms with E-state index in [0.717, 1.165) is 50.0 Å². The standard InChI is InChI=1S/C36H27N5O/c1-40-31-21-11-20-30(32(31)41(2)36(40)42)28-18-9-16-26(22-28)27-17-10-19-29(23-27)35-38-33(24-12-5-3-6-13-24)37-34(39-35)25-14-7-4-8-15-25/h3-23H,1-2H3. The number of fused-ring (bicyclic) bond motifs is 1. The van der Waals surface area contributed by atoms with Gasteiger partial charge in [-0.2, -0.15) is 0 Å². The number of aromatic nitrogens is 5. The molecule has 0 amide bonds. The number of hydrogen-bond donors (Lipinski definition) is 0. The summed E-state index contributed by atoms with van der Waals surface area (Å²) >= 11 is 0. The number of imidazole rings is 1. The Morgan fingerprint density at radius 1 is 0.452 bits per heavy atom. The van der Waals surface area contributed by atoms with Crippen molar-refractivity contribution in [2.75, 3.05) is 0 Å². The summed E-state index contributed by atoms with van der Waals surface area (Å²) in [6.07, 6.45) is 0. The minimum Gasteiger partial charge on any atom is -0.295 e. The van der Waals surface area contributed by atoms with Crippen molar-refractivity contribution in [2.24, 2.45) is 14.1 Å². The molecule has 0 aliphatic rings. The fraction of sp³-hybridized carbons (Fsp3) is 0.0556. The Balaban J connectivity index is 1.34. The van der Waals surface area contributed by atoms with Crippen LogP contribution in [-0.4, -0.2) is 24.1 Å². The van der Waals surface area contributed by atoms with Gasteiger partial charge in [-0.25, -0.2) is 19.7 Å². The Kier molecular flexibility index (Phi) is 6.28. The van der Waals surface area contributed by atoms with Gasteiger partial charge in [0, 0.05) is 36.3 Å². The largest absolute Gasteiger partial charge is 0.328 e. The SMILES string of the molecule is Cn1c(=O)n(C)c2c(-c3cccc(-c4cccc(-c5nc(-c6ccccc6)nc(-c6ccccc6)n5)c4)c3)cccc21. The summed E-state index contributed by atoms with van der Waals surface area (Å²) in [4.78, 5) is 27.3. The van der Waals surface area contributed by atoms with Crippen molar-refractivity contribution in [3.05, 3.63) is 138 Å². The third-order valence-corrected chi connectivity index (χ3v) is 7.61. The van der Waals surface area contributed by atoms with Crippen LogP contribution in [0.3, 0.4) is 0 Å². The minimum atomic E-state index is -0.0385. The molecule has 6 nitrogen and oxygen atoms in total. The fourth-order valence-corrected chi connectivity index (χ4v) is 5.45. The highest BCUT2D eigenvalue weighted by Crippen LogP contribution is 2.33. The van der Waals surface area contributed by atoms with E-state index in [1.165, 1.54) is 0 Å². The van der Waals surface area contributed by atoms with Crippen LogP contribution in [-0.2, 0) is 14.1 Å². The van der Waals surface area contributed by atoms with Crippen LogP contribution in [0.1, 0.15) is 0 Å². The predicted molar refractivity (Wildman–Crippen MR) is 169 cm³/mol. The van der Waals surface area contributed by atoms with Gasteiger partial charge in [0.25, 0.3) is 0 Å². The maximum absolute atomic E-state index is 12.7. The van der Waals surface area contributed by atoms with Gasteiger partial charge in [-0.05, 0) is 34.9 Å². The number of aryl methyl sites for hydroxylation is 2. The number of para-hydroxylation sites is 1. The lowest BCUT2D eigenvalue weighted by Crippen LogP contribution is -2.19. The lowest BCUT2D eigenvalue weighted by molar-refractivity contribution is 0.795. The van der Waals surface area contributed by atoms with Crippen molar-refractivity contribution in [3.63, 3.8) is 0 Å². The van der Waals surface area contributed by atoms with Gasteiger partial charge in [0.15, 0.2) is 17.5 Å². The van der Waals surface area contributed by atoms with Crippen LogP contribution in [0.5, 0.6) is 0 Å². The third-order valence-electron chi connectivity index (χ3n) is 7.61. The number of hydrogen-bond acceptors (Lipinski definition) is 4. The zero-order chi connectivity index (χ0) is 28.6. The lowest BCUT2D eigenvalue weighted by Gasteiger charge is -2.11. The highest BCUT2D eigenvalue weighted by molar-refractivity contribution is 5.93. The van der Waals surface area contributed by atoms with Gasteiger partial charge in [-0.15, -0.1) is 0 Å². The van der Waals surface area contributed by atoms with Crippen molar-refractivity contribution in [1.82, 2.24) is 24.1 Å². The van der Waals surface area contributed by atoms with E-state index in [9.17, 15) is 4.79 Å². The van der Waals surface area contributed by atoms with Crippen LogP contribution in [0.15, 0.2) is 132 Å². The normalized spacial score (nSPS) is 11.2. The van der Waals surface area contributed by atoms with Crippen molar-refractivity contribution in [3.8, 4) is 56.4 Å². The summed E-state index contributed by atoms with van der Waals surface area (Å²) in [6.45, 7) is 0. The molecular weight excluding hydrogens is 518 g/mol. The maximum Gasteiger partial charge on any atom is 0.328 e. The van der Waals surface area contributed by atoms with E-state index in [-0.39, 0.29) is 5.69 Å². The van der Waals surface area contributed by atoms with Gasteiger partial charge in [0.2, 0.25) is 0 Å². The molecule has 0 spiro atoms. The lowest BCUT2D eigenvalue weighted by atomic mass is 9.97. The van der Waals surface area contributed by atoms with E-state index in [0.29, 0.717) is 17.5 Å². The minimum absolute atomic E-state index is 0.0385. The van der Waals surface area contributed by atoms with Gasteiger partial charge < -0.3 is 0 Å². The zero-order valence-corrected chi connectivity index (χ0v) is 23.3. The molecule has 0 aliphatic carbocycles. The molecule has 0 atom stereocenters. The molecule has 42 heavy (non-hydrogen) atoms. The first-order valence-corrected chi connectivity index (χ1v) is 13.8. The molecule has 2 aromatic heterocycles. The summed E-state index contributed by atoms with van der Waals surface area (Å²) < 4.78 is 3.40. The highest BCUT2D eigenvalue weighted by atomic mass is 16.1. The summed E-state index contributed by atoms with van der Waals surface area (Å²) in [5.41, 5.74) is 8.74. The summed E-state index contributed by atoms with van der Waals surface area (Å²) in [7, 11) is 3.63. The van der Waals surface area contributed by atoms with Gasteiger partial charge in [0.1, 0.15) is 0 Å². The van der Waals surface area contributed by atoms with Crippen LogP contribution in [0.2, 0.25) is 0 Å². The monoisotopic (exact) mass is 545 g/mol. The molecule has 7 rings (SSSR count). The van der Waals surface area contributed by atoms with E-state index in [4.69, 9.17) is 15.0 Å². The molecule has 5 aromatic carbocycles. The Morgan fingerprint density at radius 3 is 1.50 bits per heavy atom. The van der Waals surface area contributed by atoms with Crippen molar-refractivity contribution in [2.45, 2.75) is 0 Å². The molecule has 7 aromatic rings. The predicted octanol–water partition coefficient (Wildman–Crippen LogP) is 7.40. The molecule has 0 saturated carbocycles. The Bertz CT molecular complexity index is 2070. The van der Waals surface area contributed by atoms with Crippen LogP contribution in [0.4, 0.5) is 0 Å². The van der Waals surface area contributed by atoms with E-state index >= 15 is 0 Å².